The van der Waals surface area contributed by atoms with E-state index in [4.69, 9.17) is 4.74 Å². The van der Waals surface area contributed by atoms with Crippen LogP contribution in [0.5, 0.6) is 5.75 Å². The van der Waals surface area contributed by atoms with Crippen molar-refractivity contribution in [3.8, 4) is 5.75 Å². The zero-order chi connectivity index (χ0) is 22.1. The molecule has 0 aliphatic carbocycles. The van der Waals surface area contributed by atoms with Gasteiger partial charge in [-0.05, 0) is 56.6 Å². The lowest BCUT2D eigenvalue weighted by atomic mass is 10.1. The van der Waals surface area contributed by atoms with Gasteiger partial charge >= 0.3 is 0 Å². The fraction of sp³-hybridized carbons (Fsp3) is 0.708. The fourth-order valence-electron chi connectivity index (χ4n) is 4.58. The minimum absolute atomic E-state index is 0.318. The van der Waals surface area contributed by atoms with Gasteiger partial charge in [-0.1, -0.05) is 19.1 Å². The third kappa shape index (κ3) is 7.37. The number of ether oxygens (including phenoxy) is 1. The Morgan fingerprint density at radius 3 is 2.45 bits per heavy atom. The lowest BCUT2D eigenvalue weighted by Gasteiger charge is -2.34. The molecule has 2 aliphatic rings. The van der Waals surface area contributed by atoms with E-state index in [9.17, 15) is 0 Å². The Hall–Kier alpha value is -1.83. The molecule has 31 heavy (non-hydrogen) atoms. The van der Waals surface area contributed by atoms with Gasteiger partial charge in [-0.25, -0.2) is 0 Å². The van der Waals surface area contributed by atoms with E-state index in [0.717, 1.165) is 44.4 Å². The van der Waals surface area contributed by atoms with E-state index in [2.05, 4.69) is 62.5 Å². The molecule has 1 aromatic carbocycles. The highest BCUT2D eigenvalue weighted by molar-refractivity contribution is 5.79. The lowest BCUT2D eigenvalue weighted by Crippen LogP contribution is -2.48. The Morgan fingerprint density at radius 2 is 1.77 bits per heavy atom. The van der Waals surface area contributed by atoms with Crippen LogP contribution in [-0.2, 0) is 0 Å². The van der Waals surface area contributed by atoms with Crippen molar-refractivity contribution in [2.24, 2.45) is 10.9 Å². The van der Waals surface area contributed by atoms with Gasteiger partial charge in [-0.2, -0.15) is 0 Å². The maximum atomic E-state index is 5.47. The van der Waals surface area contributed by atoms with Crippen LogP contribution in [0.4, 0.5) is 0 Å². The molecule has 2 aliphatic heterocycles. The molecular weight excluding hydrogens is 388 g/mol. The van der Waals surface area contributed by atoms with E-state index in [-0.39, 0.29) is 0 Å². The zero-order valence-corrected chi connectivity index (χ0v) is 19.9. The Bertz CT molecular complexity index is 682. The minimum atomic E-state index is 0.318. The summed E-state index contributed by atoms with van der Waals surface area (Å²) < 4.78 is 5.47. The van der Waals surface area contributed by atoms with E-state index in [1.807, 2.05) is 13.1 Å². The summed E-state index contributed by atoms with van der Waals surface area (Å²) >= 11 is 0. The first kappa shape index (κ1) is 23.8. The van der Waals surface area contributed by atoms with Crippen molar-refractivity contribution in [2.45, 2.75) is 25.8 Å². The van der Waals surface area contributed by atoms with Crippen molar-refractivity contribution >= 4 is 5.96 Å². The maximum Gasteiger partial charge on any atom is 0.191 e. The number of rotatable bonds is 9. The molecule has 3 rings (SSSR count). The summed E-state index contributed by atoms with van der Waals surface area (Å²) in [4.78, 5) is 12.0. The number of aliphatic imine (C=N–C) groups is 1. The maximum absolute atomic E-state index is 5.47. The van der Waals surface area contributed by atoms with Crippen LogP contribution in [0.3, 0.4) is 0 Å². The smallest absolute Gasteiger partial charge is 0.191 e. The highest BCUT2D eigenvalue weighted by atomic mass is 16.5. The molecule has 2 heterocycles. The van der Waals surface area contributed by atoms with Gasteiger partial charge in [0.2, 0.25) is 0 Å². The molecule has 2 N–H and O–H groups in total. The Kier molecular flexibility index (Phi) is 9.43. The molecule has 0 saturated carbocycles. The first-order valence-corrected chi connectivity index (χ1v) is 11.8. The van der Waals surface area contributed by atoms with E-state index in [0.29, 0.717) is 12.0 Å². The monoisotopic (exact) mass is 430 g/mol. The van der Waals surface area contributed by atoms with Gasteiger partial charge in [0.15, 0.2) is 5.96 Å². The van der Waals surface area contributed by atoms with E-state index >= 15 is 0 Å². The van der Waals surface area contributed by atoms with Crippen molar-refractivity contribution in [3.63, 3.8) is 0 Å². The molecule has 2 fully saturated rings. The number of hydrogen-bond donors (Lipinski definition) is 2. The van der Waals surface area contributed by atoms with E-state index in [1.165, 1.54) is 44.6 Å². The molecule has 7 heteroatoms. The molecule has 1 aromatic rings. The molecule has 0 amide bonds. The van der Waals surface area contributed by atoms with Crippen LogP contribution in [0.2, 0.25) is 0 Å². The summed E-state index contributed by atoms with van der Waals surface area (Å²) in [6.07, 6.45) is 2.55. The number of methoxy groups -OCH3 is 1. The average Bonchev–Trinajstić information content (AvgIpc) is 3.32. The van der Waals surface area contributed by atoms with Crippen molar-refractivity contribution in [3.05, 3.63) is 29.8 Å². The van der Waals surface area contributed by atoms with Gasteiger partial charge in [0.05, 0.1) is 13.2 Å². The summed E-state index contributed by atoms with van der Waals surface area (Å²) in [5.41, 5.74) is 1.30. The van der Waals surface area contributed by atoms with E-state index in [1.54, 1.807) is 7.11 Å². The van der Waals surface area contributed by atoms with Crippen LogP contribution in [0.25, 0.3) is 0 Å². The average molecular weight is 431 g/mol. The van der Waals surface area contributed by atoms with Crippen LogP contribution < -0.4 is 15.4 Å². The molecule has 0 bridgehead atoms. The predicted octanol–water partition coefficient (Wildman–Crippen LogP) is 1.88. The number of likely N-dealkylation sites (N-methyl/N-ethyl adjacent to an activating group) is 1. The number of piperazine rings is 1. The Balaban J connectivity index is 1.50. The number of benzene rings is 1. The summed E-state index contributed by atoms with van der Waals surface area (Å²) in [6.45, 7) is 12.2. The van der Waals surface area contributed by atoms with Crippen molar-refractivity contribution in [1.82, 2.24) is 25.3 Å². The van der Waals surface area contributed by atoms with Crippen LogP contribution in [0, 0.1) is 5.92 Å². The van der Waals surface area contributed by atoms with Crippen LogP contribution in [0.1, 0.15) is 31.4 Å². The Labute approximate surface area is 188 Å². The largest absolute Gasteiger partial charge is 0.497 e. The van der Waals surface area contributed by atoms with E-state index < -0.39 is 0 Å². The SMILES string of the molecule is CN=C(NCC(C)CN1CCN(C)CC1)NCC(c1cccc(OC)c1)N1CCCC1. The summed E-state index contributed by atoms with van der Waals surface area (Å²) in [7, 11) is 5.80. The number of nitrogens with zero attached hydrogens (tertiary/aromatic N) is 4. The molecule has 0 aromatic heterocycles. The fourth-order valence-corrected chi connectivity index (χ4v) is 4.58. The molecule has 174 valence electrons. The molecule has 0 spiro atoms. The first-order chi connectivity index (χ1) is 15.1. The van der Waals surface area contributed by atoms with Gasteiger partial charge in [0.1, 0.15) is 5.75 Å². The normalized spacial score (nSPS) is 21.1. The topological polar surface area (TPSA) is 55.4 Å². The quantitative estimate of drug-likeness (QED) is 0.461. The number of hydrogen-bond acceptors (Lipinski definition) is 5. The van der Waals surface area contributed by atoms with Crippen LogP contribution in [-0.4, -0.2) is 101 Å². The molecule has 2 atom stereocenters. The highest BCUT2D eigenvalue weighted by Gasteiger charge is 2.24. The van der Waals surface area contributed by atoms with Crippen molar-refractivity contribution < 1.29 is 4.74 Å². The molecule has 0 radical (unpaired) electrons. The standard InChI is InChI=1S/C24H42N6O/c1-20(19-29-14-12-28(3)13-15-29)17-26-24(25-2)27-18-23(30-10-5-6-11-30)21-8-7-9-22(16-21)31-4/h7-9,16,20,23H,5-6,10-15,17-19H2,1-4H3,(H2,25,26,27). The van der Waals surface area contributed by atoms with Crippen LogP contribution in [0.15, 0.2) is 29.3 Å². The van der Waals surface area contributed by atoms with Gasteiger partial charge in [0, 0.05) is 52.9 Å². The predicted molar refractivity (Wildman–Crippen MR) is 129 cm³/mol. The molecule has 7 nitrogen and oxygen atoms in total. The first-order valence-electron chi connectivity index (χ1n) is 11.8. The Morgan fingerprint density at radius 1 is 1.06 bits per heavy atom. The third-order valence-electron chi connectivity index (χ3n) is 6.53. The van der Waals surface area contributed by atoms with Gasteiger partial charge in [0.25, 0.3) is 0 Å². The molecule has 2 unspecified atom stereocenters. The third-order valence-corrected chi connectivity index (χ3v) is 6.53. The van der Waals surface area contributed by atoms with Gasteiger partial charge in [-0.15, -0.1) is 0 Å². The van der Waals surface area contributed by atoms with Crippen molar-refractivity contribution in [2.75, 3.05) is 80.1 Å². The summed E-state index contributed by atoms with van der Waals surface area (Å²) in [6, 6.07) is 8.80. The van der Waals surface area contributed by atoms with Crippen LogP contribution >= 0.6 is 0 Å². The van der Waals surface area contributed by atoms with Gasteiger partial charge in [-0.3, -0.25) is 9.89 Å². The second-order valence-corrected chi connectivity index (χ2v) is 9.08. The summed E-state index contributed by atoms with van der Waals surface area (Å²) in [5, 5.41) is 7.13. The van der Waals surface area contributed by atoms with Gasteiger partial charge < -0.3 is 25.2 Å². The highest BCUT2D eigenvalue weighted by Crippen LogP contribution is 2.27. The number of guanidine groups is 1. The summed E-state index contributed by atoms with van der Waals surface area (Å²) in [5.74, 6) is 2.38. The zero-order valence-electron chi connectivity index (χ0n) is 19.9. The minimum Gasteiger partial charge on any atom is -0.497 e. The number of nitrogens with one attached hydrogen (secondary N) is 2. The molecule has 2 saturated heterocycles. The molecular formula is C24H42N6O. The number of likely N-dealkylation sites (tertiary alicyclic amines) is 1. The second-order valence-electron chi connectivity index (χ2n) is 9.08. The van der Waals surface area contributed by atoms with Crippen molar-refractivity contribution in [1.29, 1.82) is 0 Å². The lowest BCUT2D eigenvalue weighted by molar-refractivity contribution is 0.139. The second kappa shape index (κ2) is 12.3.